The second-order valence-corrected chi connectivity index (χ2v) is 13.0. The highest BCUT2D eigenvalue weighted by Gasteiger charge is 2.34. The molecular formula is C32H40ClN3O5S. The number of sulfonamides is 1. The molecule has 8 nitrogen and oxygen atoms in total. The molecule has 1 unspecified atom stereocenters. The van der Waals surface area contributed by atoms with Gasteiger partial charge in [-0.2, -0.15) is 0 Å². The van der Waals surface area contributed by atoms with Crippen molar-refractivity contribution in [2.45, 2.75) is 58.5 Å². The van der Waals surface area contributed by atoms with Gasteiger partial charge in [-0.15, -0.1) is 0 Å². The van der Waals surface area contributed by atoms with Crippen LogP contribution in [0.5, 0.6) is 5.75 Å². The number of aryl methyl sites for hydroxylation is 2. The standard InChI is InChI=1S/C32H40ClN3O5S/c1-7-29(32(38)34-19-22(2)3)35(20-25-9-8-10-27(17-25)41-6)31(37)21-36(30-18-26(33)14-13-24(30)5)42(39,40)28-15-11-23(4)12-16-28/h8-18,22,29H,7,19-21H2,1-6H3,(H,34,38). The molecule has 0 bridgehead atoms. The van der Waals surface area contributed by atoms with Crippen LogP contribution >= 0.6 is 11.6 Å². The van der Waals surface area contributed by atoms with E-state index in [1.165, 1.54) is 23.1 Å². The van der Waals surface area contributed by atoms with Crippen LogP contribution in [0.2, 0.25) is 5.02 Å². The zero-order chi connectivity index (χ0) is 31.0. The van der Waals surface area contributed by atoms with Crippen LogP contribution in [0.4, 0.5) is 5.69 Å². The molecule has 0 heterocycles. The van der Waals surface area contributed by atoms with Gasteiger partial charge in [0.25, 0.3) is 10.0 Å². The Balaban J connectivity index is 2.10. The Kier molecular flexibility index (Phi) is 11.4. The van der Waals surface area contributed by atoms with E-state index in [2.05, 4.69) is 5.32 Å². The predicted molar refractivity (Wildman–Crippen MR) is 167 cm³/mol. The molecule has 226 valence electrons. The Bertz CT molecular complexity index is 1490. The number of ether oxygens (including phenoxy) is 1. The molecular weight excluding hydrogens is 574 g/mol. The van der Waals surface area contributed by atoms with Crippen molar-refractivity contribution in [3.05, 3.63) is 88.4 Å². The summed E-state index contributed by atoms with van der Waals surface area (Å²) in [4.78, 5) is 29.1. The van der Waals surface area contributed by atoms with Crippen LogP contribution in [0.25, 0.3) is 0 Å². The number of amides is 2. The largest absolute Gasteiger partial charge is 0.497 e. The summed E-state index contributed by atoms with van der Waals surface area (Å²) in [6, 6.07) is 17.8. The highest BCUT2D eigenvalue weighted by Crippen LogP contribution is 2.30. The van der Waals surface area contributed by atoms with Gasteiger partial charge < -0.3 is 15.0 Å². The SMILES string of the molecule is CCC(C(=O)NCC(C)C)N(Cc1cccc(OC)c1)C(=O)CN(c1cc(Cl)ccc1C)S(=O)(=O)c1ccc(C)cc1. The number of hydrogen-bond donors (Lipinski definition) is 1. The van der Waals surface area contributed by atoms with Crippen LogP contribution in [0, 0.1) is 19.8 Å². The van der Waals surface area contributed by atoms with Gasteiger partial charge in [0.2, 0.25) is 11.8 Å². The Hall–Kier alpha value is -3.56. The average Bonchev–Trinajstić information content (AvgIpc) is 2.96. The van der Waals surface area contributed by atoms with E-state index in [4.69, 9.17) is 16.3 Å². The summed E-state index contributed by atoms with van der Waals surface area (Å²) in [5.41, 5.74) is 2.56. The minimum absolute atomic E-state index is 0.0429. The zero-order valence-electron chi connectivity index (χ0n) is 25.1. The number of hydrogen-bond acceptors (Lipinski definition) is 5. The lowest BCUT2D eigenvalue weighted by molar-refractivity contribution is -0.140. The molecule has 3 aromatic carbocycles. The van der Waals surface area contributed by atoms with E-state index < -0.39 is 28.5 Å². The number of rotatable bonds is 13. The summed E-state index contributed by atoms with van der Waals surface area (Å²) in [5.74, 6) is -0.000900. The van der Waals surface area contributed by atoms with Crippen LogP contribution in [-0.4, -0.2) is 51.4 Å². The van der Waals surface area contributed by atoms with Crippen molar-refractivity contribution in [2.75, 3.05) is 24.5 Å². The van der Waals surface area contributed by atoms with E-state index in [0.717, 1.165) is 15.4 Å². The lowest BCUT2D eigenvalue weighted by Gasteiger charge is -2.33. The minimum atomic E-state index is -4.19. The van der Waals surface area contributed by atoms with Crippen LogP contribution in [0.15, 0.2) is 71.6 Å². The summed E-state index contributed by atoms with van der Waals surface area (Å²) < 4.78 is 34.6. The topological polar surface area (TPSA) is 96.0 Å². The first-order valence-electron chi connectivity index (χ1n) is 13.9. The molecule has 1 N–H and O–H groups in total. The van der Waals surface area contributed by atoms with E-state index in [1.54, 1.807) is 56.5 Å². The molecule has 0 saturated carbocycles. The fourth-order valence-corrected chi connectivity index (χ4v) is 6.15. The lowest BCUT2D eigenvalue weighted by atomic mass is 10.1. The predicted octanol–water partition coefficient (Wildman–Crippen LogP) is 5.74. The molecule has 3 aromatic rings. The van der Waals surface area contributed by atoms with Gasteiger partial charge in [0.1, 0.15) is 18.3 Å². The molecule has 42 heavy (non-hydrogen) atoms. The number of anilines is 1. The van der Waals surface area contributed by atoms with Crippen LogP contribution in [0.1, 0.15) is 43.9 Å². The van der Waals surface area contributed by atoms with Crippen molar-refractivity contribution in [2.24, 2.45) is 5.92 Å². The van der Waals surface area contributed by atoms with Gasteiger partial charge in [-0.25, -0.2) is 8.42 Å². The molecule has 0 aliphatic rings. The minimum Gasteiger partial charge on any atom is -0.497 e. The van der Waals surface area contributed by atoms with Crippen LogP contribution < -0.4 is 14.4 Å². The fourth-order valence-electron chi connectivity index (χ4n) is 4.51. The Labute approximate surface area is 254 Å². The van der Waals surface area contributed by atoms with Crippen LogP contribution in [0.3, 0.4) is 0 Å². The number of methoxy groups -OCH3 is 1. The first kappa shape index (κ1) is 32.9. The summed E-state index contributed by atoms with van der Waals surface area (Å²) in [6.45, 7) is 9.43. The van der Waals surface area contributed by atoms with Gasteiger partial charge in [-0.05, 0) is 73.7 Å². The normalized spacial score (nSPS) is 12.1. The smallest absolute Gasteiger partial charge is 0.264 e. The quantitative estimate of drug-likeness (QED) is 0.265. The maximum Gasteiger partial charge on any atom is 0.264 e. The molecule has 0 aromatic heterocycles. The number of halogens is 1. The van der Waals surface area contributed by atoms with Gasteiger partial charge in [-0.1, -0.05) is 68.3 Å². The Morgan fingerprint density at radius 3 is 2.31 bits per heavy atom. The van der Waals surface area contributed by atoms with Gasteiger partial charge in [0, 0.05) is 18.1 Å². The first-order valence-corrected chi connectivity index (χ1v) is 15.7. The van der Waals surface area contributed by atoms with E-state index >= 15 is 0 Å². The van der Waals surface area contributed by atoms with Crippen LogP contribution in [-0.2, 0) is 26.2 Å². The molecule has 0 aliphatic heterocycles. The number of nitrogens with one attached hydrogen (secondary N) is 1. The van der Waals surface area contributed by atoms with Gasteiger partial charge in [0.15, 0.2) is 0 Å². The van der Waals surface area contributed by atoms with E-state index in [1.807, 2.05) is 33.8 Å². The average molecular weight is 614 g/mol. The van der Waals surface area contributed by atoms with Crippen molar-refractivity contribution in [3.8, 4) is 5.75 Å². The maximum absolute atomic E-state index is 14.2. The summed E-state index contributed by atoms with van der Waals surface area (Å²) in [7, 11) is -2.64. The number of carbonyl (C=O) groups is 2. The van der Waals surface area contributed by atoms with Crippen molar-refractivity contribution in [1.82, 2.24) is 10.2 Å². The molecule has 10 heteroatoms. The van der Waals surface area contributed by atoms with Gasteiger partial charge in [0.05, 0.1) is 17.7 Å². The highest BCUT2D eigenvalue weighted by molar-refractivity contribution is 7.92. The van der Waals surface area contributed by atoms with Crippen molar-refractivity contribution < 1.29 is 22.7 Å². The highest BCUT2D eigenvalue weighted by atomic mass is 35.5. The third kappa shape index (κ3) is 8.26. The molecule has 0 aliphatic carbocycles. The summed E-state index contributed by atoms with van der Waals surface area (Å²) in [6.07, 6.45) is 0.334. The molecule has 1 atom stereocenters. The summed E-state index contributed by atoms with van der Waals surface area (Å²) >= 11 is 6.31. The molecule has 3 rings (SSSR count). The Morgan fingerprint density at radius 2 is 1.69 bits per heavy atom. The molecule has 2 amide bonds. The van der Waals surface area contributed by atoms with E-state index in [-0.39, 0.29) is 29.0 Å². The monoisotopic (exact) mass is 613 g/mol. The first-order chi connectivity index (χ1) is 19.9. The third-order valence-corrected chi connectivity index (χ3v) is 8.89. The molecule has 0 saturated heterocycles. The number of benzene rings is 3. The Morgan fingerprint density at radius 1 is 1.00 bits per heavy atom. The molecule has 0 fully saturated rings. The van der Waals surface area contributed by atoms with Gasteiger partial charge >= 0.3 is 0 Å². The summed E-state index contributed by atoms with van der Waals surface area (Å²) in [5, 5.41) is 3.27. The van der Waals surface area contributed by atoms with Gasteiger partial charge in [-0.3, -0.25) is 13.9 Å². The second kappa shape index (κ2) is 14.6. The van der Waals surface area contributed by atoms with E-state index in [0.29, 0.717) is 29.3 Å². The number of nitrogens with zero attached hydrogens (tertiary/aromatic N) is 2. The maximum atomic E-state index is 14.2. The zero-order valence-corrected chi connectivity index (χ0v) is 26.6. The van der Waals surface area contributed by atoms with Crippen molar-refractivity contribution in [1.29, 1.82) is 0 Å². The lowest BCUT2D eigenvalue weighted by Crippen LogP contribution is -2.52. The molecule has 0 radical (unpaired) electrons. The second-order valence-electron chi connectivity index (χ2n) is 10.7. The molecule has 0 spiro atoms. The third-order valence-electron chi connectivity index (χ3n) is 6.89. The van der Waals surface area contributed by atoms with Crippen molar-refractivity contribution in [3.63, 3.8) is 0 Å². The van der Waals surface area contributed by atoms with Crippen molar-refractivity contribution >= 4 is 39.1 Å². The number of carbonyl (C=O) groups excluding carboxylic acids is 2. The fraction of sp³-hybridized carbons (Fsp3) is 0.375. The van der Waals surface area contributed by atoms with E-state index in [9.17, 15) is 18.0 Å².